The number of carbonyl (C=O) groups is 1. The second kappa shape index (κ2) is 10.7. The summed E-state index contributed by atoms with van der Waals surface area (Å²) < 4.78 is 5.06. The highest BCUT2D eigenvalue weighted by atomic mass is 16.5. The molecule has 0 aliphatic carbocycles. The predicted octanol–water partition coefficient (Wildman–Crippen LogP) is 2.16. The van der Waals surface area contributed by atoms with E-state index in [9.17, 15) is 4.79 Å². The normalized spacial score (nSPS) is 17.8. The first-order chi connectivity index (χ1) is 12.2. The van der Waals surface area contributed by atoms with Crippen LogP contribution >= 0.6 is 0 Å². The van der Waals surface area contributed by atoms with Gasteiger partial charge in [-0.15, -0.1) is 0 Å². The van der Waals surface area contributed by atoms with Gasteiger partial charge in [-0.05, 0) is 38.3 Å². The average molecular weight is 346 g/mol. The number of amides is 1. The highest BCUT2D eigenvalue weighted by Gasteiger charge is 2.30. The van der Waals surface area contributed by atoms with Gasteiger partial charge in [0.05, 0.1) is 6.04 Å². The van der Waals surface area contributed by atoms with Crippen molar-refractivity contribution in [2.75, 3.05) is 38.3 Å². The van der Waals surface area contributed by atoms with Gasteiger partial charge in [0.25, 0.3) is 0 Å². The Bertz CT molecular complexity index is 548. The van der Waals surface area contributed by atoms with Crippen LogP contribution in [0.5, 0.6) is 0 Å². The molecule has 0 saturated carbocycles. The van der Waals surface area contributed by atoms with E-state index in [2.05, 4.69) is 15.6 Å². The van der Waals surface area contributed by atoms with Crippen molar-refractivity contribution in [3.8, 4) is 0 Å². The summed E-state index contributed by atoms with van der Waals surface area (Å²) >= 11 is 0. The molecule has 0 spiro atoms. The molecule has 2 N–H and O–H groups in total. The third-order valence-corrected chi connectivity index (χ3v) is 4.15. The first-order valence-corrected chi connectivity index (χ1v) is 9.13. The van der Waals surface area contributed by atoms with Crippen molar-refractivity contribution in [3.05, 3.63) is 30.3 Å². The molecular weight excluding hydrogens is 316 g/mol. The number of benzene rings is 1. The largest absolute Gasteiger partial charge is 0.385 e. The van der Waals surface area contributed by atoms with Crippen LogP contribution in [-0.4, -0.2) is 51.3 Å². The highest BCUT2D eigenvalue weighted by molar-refractivity contribution is 5.97. The molecular formula is C19H30N4O2. The molecule has 1 atom stereocenters. The SMILES string of the molecule is CCNC(=NCCCCCOC)NC1CC(=O)N(c2ccccc2)C1. The minimum Gasteiger partial charge on any atom is -0.385 e. The summed E-state index contributed by atoms with van der Waals surface area (Å²) in [7, 11) is 1.73. The van der Waals surface area contributed by atoms with Crippen LogP contribution in [0.1, 0.15) is 32.6 Å². The molecule has 1 aliphatic rings. The number of nitrogens with one attached hydrogen (secondary N) is 2. The van der Waals surface area contributed by atoms with E-state index in [1.165, 1.54) is 0 Å². The van der Waals surface area contributed by atoms with E-state index in [1.807, 2.05) is 42.2 Å². The molecule has 1 fully saturated rings. The summed E-state index contributed by atoms with van der Waals surface area (Å²) in [5, 5.41) is 6.67. The van der Waals surface area contributed by atoms with Crippen molar-refractivity contribution < 1.29 is 9.53 Å². The minimum absolute atomic E-state index is 0.0824. The lowest BCUT2D eigenvalue weighted by Gasteiger charge is -2.19. The van der Waals surface area contributed by atoms with Crippen LogP contribution < -0.4 is 15.5 Å². The molecule has 1 unspecified atom stereocenters. The molecule has 6 heteroatoms. The molecule has 0 bridgehead atoms. The number of ether oxygens (including phenoxy) is 1. The number of aliphatic imine (C=N–C) groups is 1. The van der Waals surface area contributed by atoms with Crippen molar-refractivity contribution in [1.82, 2.24) is 10.6 Å². The van der Waals surface area contributed by atoms with Gasteiger partial charge in [0, 0.05) is 45.5 Å². The summed E-state index contributed by atoms with van der Waals surface area (Å²) in [6.45, 7) is 5.11. The van der Waals surface area contributed by atoms with Crippen molar-refractivity contribution in [1.29, 1.82) is 0 Å². The number of hydrogen-bond acceptors (Lipinski definition) is 3. The number of guanidine groups is 1. The van der Waals surface area contributed by atoms with Gasteiger partial charge in [-0.25, -0.2) is 0 Å². The lowest BCUT2D eigenvalue weighted by atomic mass is 10.2. The first-order valence-electron chi connectivity index (χ1n) is 9.13. The Morgan fingerprint density at radius 3 is 2.80 bits per heavy atom. The van der Waals surface area contributed by atoms with E-state index < -0.39 is 0 Å². The molecule has 0 aromatic heterocycles. The van der Waals surface area contributed by atoms with Crippen LogP contribution in [0.2, 0.25) is 0 Å². The van der Waals surface area contributed by atoms with Gasteiger partial charge in [-0.1, -0.05) is 18.2 Å². The molecule has 1 heterocycles. The first kappa shape index (κ1) is 19.2. The molecule has 25 heavy (non-hydrogen) atoms. The Labute approximate surface area is 150 Å². The Morgan fingerprint density at radius 1 is 1.28 bits per heavy atom. The van der Waals surface area contributed by atoms with Gasteiger partial charge in [-0.3, -0.25) is 9.79 Å². The quantitative estimate of drug-likeness (QED) is 0.409. The lowest BCUT2D eigenvalue weighted by Crippen LogP contribution is -2.44. The fraction of sp³-hybridized carbons (Fsp3) is 0.579. The number of unbranched alkanes of at least 4 members (excludes halogenated alkanes) is 2. The van der Waals surface area contributed by atoms with E-state index in [1.54, 1.807) is 7.11 Å². The molecule has 0 radical (unpaired) electrons. The Morgan fingerprint density at radius 2 is 2.08 bits per heavy atom. The third-order valence-electron chi connectivity index (χ3n) is 4.15. The van der Waals surface area contributed by atoms with Crippen LogP contribution in [0.25, 0.3) is 0 Å². The van der Waals surface area contributed by atoms with Crippen LogP contribution in [0.4, 0.5) is 5.69 Å². The Kier molecular flexibility index (Phi) is 8.25. The van der Waals surface area contributed by atoms with Gasteiger partial charge >= 0.3 is 0 Å². The number of hydrogen-bond donors (Lipinski definition) is 2. The van der Waals surface area contributed by atoms with E-state index >= 15 is 0 Å². The summed E-state index contributed by atoms with van der Waals surface area (Å²) in [4.78, 5) is 18.8. The smallest absolute Gasteiger partial charge is 0.229 e. The van der Waals surface area contributed by atoms with E-state index in [0.29, 0.717) is 13.0 Å². The average Bonchev–Trinajstić information content (AvgIpc) is 2.99. The molecule has 1 aromatic rings. The van der Waals surface area contributed by atoms with Gasteiger partial charge in [0.1, 0.15) is 0 Å². The van der Waals surface area contributed by atoms with E-state index in [0.717, 1.165) is 50.6 Å². The molecule has 138 valence electrons. The number of rotatable bonds is 9. The summed E-state index contributed by atoms with van der Waals surface area (Å²) in [6, 6.07) is 9.90. The summed E-state index contributed by atoms with van der Waals surface area (Å²) in [5.41, 5.74) is 0.955. The number of methoxy groups -OCH3 is 1. The number of para-hydroxylation sites is 1. The second-order valence-electron chi connectivity index (χ2n) is 6.20. The van der Waals surface area contributed by atoms with E-state index in [-0.39, 0.29) is 11.9 Å². The Hall–Kier alpha value is -2.08. The number of nitrogens with zero attached hydrogens (tertiary/aromatic N) is 2. The molecule has 6 nitrogen and oxygen atoms in total. The van der Waals surface area contributed by atoms with Crippen molar-refractivity contribution in [3.63, 3.8) is 0 Å². The zero-order valence-corrected chi connectivity index (χ0v) is 15.3. The van der Waals surface area contributed by atoms with Gasteiger partial charge < -0.3 is 20.3 Å². The van der Waals surface area contributed by atoms with E-state index in [4.69, 9.17) is 4.74 Å². The topological polar surface area (TPSA) is 66.0 Å². The van der Waals surface area contributed by atoms with Crippen LogP contribution in [-0.2, 0) is 9.53 Å². The highest BCUT2D eigenvalue weighted by Crippen LogP contribution is 2.20. The number of anilines is 1. The zero-order chi connectivity index (χ0) is 17.9. The van der Waals surface area contributed by atoms with Crippen molar-refractivity contribution in [2.45, 2.75) is 38.6 Å². The maximum atomic E-state index is 12.3. The summed E-state index contributed by atoms with van der Waals surface area (Å²) in [6.07, 6.45) is 3.71. The maximum absolute atomic E-state index is 12.3. The van der Waals surface area contributed by atoms with Crippen LogP contribution in [0.3, 0.4) is 0 Å². The van der Waals surface area contributed by atoms with Crippen LogP contribution in [0, 0.1) is 0 Å². The van der Waals surface area contributed by atoms with Gasteiger partial charge in [-0.2, -0.15) is 0 Å². The van der Waals surface area contributed by atoms with Crippen LogP contribution in [0.15, 0.2) is 35.3 Å². The standard InChI is InChI=1S/C19H30N4O2/c1-3-20-19(21-12-8-5-9-13-25-2)22-16-14-18(24)23(15-16)17-10-6-4-7-11-17/h4,6-7,10-11,16H,3,5,8-9,12-15H2,1-2H3,(H2,20,21,22). The molecule has 2 rings (SSSR count). The molecule has 1 aromatic carbocycles. The lowest BCUT2D eigenvalue weighted by molar-refractivity contribution is -0.117. The summed E-state index contributed by atoms with van der Waals surface area (Å²) in [5.74, 6) is 0.945. The molecule has 1 amide bonds. The molecule has 1 saturated heterocycles. The minimum atomic E-state index is 0.0824. The maximum Gasteiger partial charge on any atom is 0.229 e. The Balaban J connectivity index is 1.84. The van der Waals surface area contributed by atoms with Crippen molar-refractivity contribution >= 4 is 17.6 Å². The predicted molar refractivity (Wildman–Crippen MR) is 102 cm³/mol. The van der Waals surface area contributed by atoms with Gasteiger partial charge in [0.15, 0.2) is 5.96 Å². The zero-order valence-electron chi connectivity index (χ0n) is 15.3. The van der Waals surface area contributed by atoms with Gasteiger partial charge in [0.2, 0.25) is 5.91 Å². The fourth-order valence-electron chi connectivity index (χ4n) is 2.90. The monoisotopic (exact) mass is 346 g/mol. The third kappa shape index (κ3) is 6.38. The second-order valence-corrected chi connectivity index (χ2v) is 6.20. The number of carbonyl (C=O) groups excluding carboxylic acids is 1. The molecule has 1 aliphatic heterocycles. The fourth-order valence-corrected chi connectivity index (χ4v) is 2.90. The van der Waals surface area contributed by atoms with Crippen molar-refractivity contribution in [2.24, 2.45) is 4.99 Å².